The van der Waals surface area contributed by atoms with Crippen LogP contribution in [0.5, 0.6) is 0 Å². The van der Waals surface area contributed by atoms with Crippen molar-refractivity contribution in [3.63, 3.8) is 0 Å². The van der Waals surface area contributed by atoms with Crippen molar-refractivity contribution >= 4 is 32.6 Å². The summed E-state index contributed by atoms with van der Waals surface area (Å²) in [5, 5.41) is 8.77. The van der Waals surface area contributed by atoms with Gasteiger partial charge in [-0.25, -0.2) is 8.42 Å². The topological polar surface area (TPSA) is 133 Å². The van der Waals surface area contributed by atoms with Crippen molar-refractivity contribution in [1.29, 1.82) is 0 Å². The molecule has 31 heavy (non-hydrogen) atoms. The predicted octanol–water partition coefficient (Wildman–Crippen LogP) is 2.84. The summed E-state index contributed by atoms with van der Waals surface area (Å²) < 4.78 is 35.2. The number of nitrogens with one attached hydrogen (secondary N) is 1. The molecular weight excluding hydrogens is 418 g/mol. The average Bonchev–Trinajstić information content (AvgIpc) is 3.35. The summed E-state index contributed by atoms with van der Waals surface area (Å²) in [6.07, 6.45) is 3.59. The number of carbonyl (C=O) groups excluding carboxylic acids is 1. The van der Waals surface area contributed by atoms with Crippen molar-refractivity contribution in [1.82, 2.24) is 14.9 Å². The molecule has 160 valence electrons. The van der Waals surface area contributed by atoms with E-state index in [0.29, 0.717) is 29.6 Å². The first-order valence-electron chi connectivity index (χ1n) is 9.51. The zero-order chi connectivity index (χ0) is 22.2. The second kappa shape index (κ2) is 7.97. The highest BCUT2D eigenvalue weighted by atomic mass is 32.2. The molecule has 0 atom stereocenters. The first-order chi connectivity index (χ1) is 14.8. The highest BCUT2D eigenvalue weighted by Gasteiger charge is 2.20. The lowest BCUT2D eigenvalue weighted by Crippen LogP contribution is -2.13. The summed E-state index contributed by atoms with van der Waals surface area (Å²) in [6.45, 7) is 4.21. The second-order valence-electron chi connectivity index (χ2n) is 7.25. The fraction of sp³-hybridized carbons (Fsp3) is 0.190. The Kier molecular flexibility index (Phi) is 5.34. The number of rotatable bonds is 7. The maximum Gasteiger partial charge on any atom is 0.263 e. The minimum absolute atomic E-state index is 0.0253. The van der Waals surface area contributed by atoms with Gasteiger partial charge in [0.15, 0.2) is 17.2 Å². The minimum atomic E-state index is -3.90. The Morgan fingerprint density at radius 1 is 1.19 bits per heavy atom. The van der Waals surface area contributed by atoms with Crippen molar-refractivity contribution in [2.24, 2.45) is 5.73 Å². The molecule has 3 N–H and O–H groups in total. The van der Waals surface area contributed by atoms with Crippen LogP contribution < -0.4 is 10.5 Å². The van der Waals surface area contributed by atoms with Gasteiger partial charge < -0.3 is 10.3 Å². The number of nitrogens with two attached hydrogens (primary N) is 1. The number of hydrogen-bond acceptors (Lipinski definition) is 7. The number of Topliss-reactive ketones (excluding diaryl/α,β-unsaturated/α-hetero) is 1. The van der Waals surface area contributed by atoms with E-state index in [-0.39, 0.29) is 16.5 Å². The highest BCUT2D eigenvalue weighted by Crippen LogP contribution is 2.29. The van der Waals surface area contributed by atoms with Gasteiger partial charge in [0.05, 0.1) is 23.0 Å². The fourth-order valence-electron chi connectivity index (χ4n) is 3.34. The van der Waals surface area contributed by atoms with E-state index in [1.54, 1.807) is 16.9 Å². The molecule has 2 aromatic heterocycles. The van der Waals surface area contributed by atoms with Gasteiger partial charge in [-0.2, -0.15) is 5.10 Å². The number of benzene rings is 2. The van der Waals surface area contributed by atoms with Crippen LogP contribution >= 0.6 is 0 Å². The van der Waals surface area contributed by atoms with Crippen LogP contribution in [0, 0.1) is 6.92 Å². The first-order valence-corrected chi connectivity index (χ1v) is 11.0. The summed E-state index contributed by atoms with van der Waals surface area (Å²) in [4.78, 5) is 11.4. The molecule has 4 aromatic rings. The van der Waals surface area contributed by atoms with Gasteiger partial charge in [-0.3, -0.25) is 14.2 Å². The normalized spacial score (nSPS) is 11.7. The highest BCUT2D eigenvalue weighted by molar-refractivity contribution is 7.92. The number of aromatic nitrogens is 3. The summed E-state index contributed by atoms with van der Waals surface area (Å²) >= 11 is 0. The molecular formula is C21H21N5O4S. The lowest BCUT2D eigenvalue weighted by molar-refractivity contribution is 0.101. The van der Waals surface area contributed by atoms with Crippen LogP contribution in [0.25, 0.3) is 11.0 Å². The van der Waals surface area contributed by atoms with Crippen LogP contribution in [0.1, 0.15) is 34.0 Å². The molecule has 0 bridgehead atoms. The van der Waals surface area contributed by atoms with Gasteiger partial charge in [0.2, 0.25) is 0 Å². The van der Waals surface area contributed by atoms with Gasteiger partial charge in [-0.05, 0) is 43.2 Å². The van der Waals surface area contributed by atoms with Crippen LogP contribution in [0.2, 0.25) is 0 Å². The van der Waals surface area contributed by atoms with E-state index in [1.165, 1.54) is 31.2 Å². The zero-order valence-corrected chi connectivity index (χ0v) is 17.8. The number of nitrogens with zero attached hydrogens (tertiary/aromatic N) is 3. The molecule has 10 heteroatoms. The third-order valence-corrected chi connectivity index (χ3v) is 6.26. The minimum Gasteiger partial charge on any atom is -0.354 e. The maximum atomic E-state index is 12.8. The Morgan fingerprint density at radius 2 is 1.94 bits per heavy atom. The smallest absolute Gasteiger partial charge is 0.263 e. The van der Waals surface area contributed by atoms with Crippen LogP contribution in [0.4, 0.5) is 5.82 Å². The van der Waals surface area contributed by atoms with E-state index in [1.807, 2.05) is 19.2 Å². The van der Waals surface area contributed by atoms with Gasteiger partial charge in [0, 0.05) is 23.9 Å². The van der Waals surface area contributed by atoms with Gasteiger partial charge in [0.25, 0.3) is 10.0 Å². The maximum absolute atomic E-state index is 12.8. The number of sulfonamides is 1. The van der Waals surface area contributed by atoms with E-state index < -0.39 is 10.0 Å². The quantitative estimate of drug-likeness (QED) is 0.423. The number of anilines is 1. The lowest BCUT2D eigenvalue weighted by Gasteiger charge is -2.08. The molecule has 0 aliphatic heterocycles. The summed E-state index contributed by atoms with van der Waals surface area (Å²) in [5.74, 6) is -0.0283. The molecule has 0 saturated heterocycles. The van der Waals surface area contributed by atoms with Crippen LogP contribution in [0.3, 0.4) is 0 Å². The first kappa shape index (κ1) is 20.8. The largest absolute Gasteiger partial charge is 0.354 e. The average molecular weight is 439 g/mol. The Bertz CT molecular complexity index is 1370. The van der Waals surface area contributed by atoms with E-state index >= 15 is 0 Å². The lowest BCUT2D eigenvalue weighted by atomic mass is 10.1. The number of aryl methyl sites for hydroxylation is 1. The molecule has 0 aliphatic rings. The van der Waals surface area contributed by atoms with Gasteiger partial charge in [-0.15, -0.1) is 0 Å². The van der Waals surface area contributed by atoms with E-state index in [0.717, 1.165) is 16.7 Å². The van der Waals surface area contributed by atoms with Crippen LogP contribution in [-0.4, -0.2) is 29.1 Å². The molecule has 0 aliphatic carbocycles. The van der Waals surface area contributed by atoms with E-state index in [9.17, 15) is 13.2 Å². The Labute approximate surface area is 178 Å². The third kappa shape index (κ3) is 4.21. The fourth-order valence-corrected chi connectivity index (χ4v) is 4.35. The summed E-state index contributed by atoms with van der Waals surface area (Å²) in [7, 11) is -3.90. The zero-order valence-electron chi connectivity index (χ0n) is 17.0. The van der Waals surface area contributed by atoms with E-state index in [2.05, 4.69) is 15.0 Å². The molecule has 0 unspecified atom stereocenters. The molecule has 4 rings (SSSR count). The molecule has 2 aromatic carbocycles. The molecule has 0 fully saturated rings. The van der Waals surface area contributed by atoms with Crippen molar-refractivity contribution in [2.45, 2.75) is 31.8 Å². The van der Waals surface area contributed by atoms with Crippen molar-refractivity contribution < 1.29 is 17.7 Å². The number of fused-ring (bicyclic) bond motifs is 1. The summed E-state index contributed by atoms with van der Waals surface area (Å²) in [5.41, 5.74) is 9.20. The standard InChI is InChI=1S/C21H21N5O4S/c1-13-7-15(11-26-12-16(9-22)10-23-26)8-19-20(13)21(24-30-19)25-31(28,29)18-5-3-17(4-6-18)14(2)27/h3-8,10,12H,9,11,22H2,1-2H3,(H,24,25). The third-order valence-electron chi connectivity index (χ3n) is 4.90. The number of carbonyl (C=O) groups is 1. The molecule has 0 radical (unpaired) electrons. The van der Waals surface area contributed by atoms with Crippen LogP contribution in [0.15, 0.2) is 58.2 Å². The molecule has 0 saturated carbocycles. The van der Waals surface area contributed by atoms with Crippen molar-refractivity contribution in [2.75, 3.05) is 4.72 Å². The Hall–Kier alpha value is -3.50. The van der Waals surface area contributed by atoms with Crippen molar-refractivity contribution in [3.05, 3.63) is 71.0 Å². The summed E-state index contributed by atoms with van der Waals surface area (Å²) in [6, 6.07) is 9.45. The molecule has 0 amide bonds. The molecule has 0 spiro atoms. The monoisotopic (exact) mass is 439 g/mol. The van der Waals surface area contributed by atoms with Crippen molar-refractivity contribution in [3.8, 4) is 0 Å². The Morgan fingerprint density at radius 3 is 2.58 bits per heavy atom. The number of hydrogen-bond donors (Lipinski definition) is 2. The van der Waals surface area contributed by atoms with Gasteiger partial charge >= 0.3 is 0 Å². The number of ketones is 1. The predicted molar refractivity (Wildman–Crippen MR) is 115 cm³/mol. The Balaban J connectivity index is 1.62. The van der Waals surface area contributed by atoms with E-state index in [4.69, 9.17) is 10.3 Å². The second-order valence-corrected chi connectivity index (χ2v) is 8.94. The van der Waals surface area contributed by atoms with Gasteiger partial charge in [-0.1, -0.05) is 23.4 Å². The SMILES string of the molecule is CC(=O)c1ccc(S(=O)(=O)Nc2noc3cc(Cn4cc(CN)cn4)cc(C)c23)cc1. The van der Waals surface area contributed by atoms with Crippen LogP contribution in [-0.2, 0) is 23.1 Å². The molecule has 2 heterocycles. The molecule has 9 nitrogen and oxygen atoms in total. The van der Waals surface area contributed by atoms with Gasteiger partial charge in [0.1, 0.15) is 0 Å².